The van der Waals surface area contributed by atoms with Gasteiger partial charge in [0.1, 0.15) is 5.82 Å². The second-order valence-corrected chi connectivity index (χ2v) is 5.92. The molecular weight excluding hydrogens is 299 g/mol. The maximum absolute atomic E-state index is 13.6. The minimum absolute atomic E-state index is 0.0506. The van der Waals surface area contributed by atoms with Crippen LogP contribution in [0, 0.1) is 17.1 Å². The fraction of sp³-hybridized carbons (Fsp3) is 0.0714. The molecule has 0 radical (unpaired) electrons. The highest BCUT2D eigenvalue weighted by atomic mass is 35.5. The number of rotatable bonds is 3. The molecule has 0 saturated carbocycles. The number of halogens is 2. The molecule has 0 spiro atoms. The summed E-state index contributed by atoms with van der Waals surface area (Å²) in [6, 6.07) is 10.5. The molecule has 20 heavy (non-hydrogen) atoms. The second-order valence-electron chi connectivity index (χ2n) is 4.10. The predicted octanol–water partition coefficient (Wildman–Crippen LogP) is 3.24. The molecule has 0 aliphatic rings. The molecule has 0 amide bonds. The van der Waals surface area contributed by atoms with E-state index >= 15 is 0 Å². The molecule has 2 aromatic carbocycles. The second kappa shape index (κ2) is 6.04. The van der Waals surface area contributed by atoms with E-state index in [0.29, 0.717) is 16.1 Å². The van der Waals surface area contributed by atoms with Crippen molar-refractivity contribution < 1.29 is 8.60 Å². The Morgan fingerprint density at radius 1 is 1.30 bits per heavy atom. The van der Waals surface area contributed by atoms with E-state index in [1.807, 2.05) is 6.07 Å². The molecule has 2 rings (SSSR count). The fourth-order valence-electron chi connectivity index (χ4n) is 1.68. The number of benzene rings is 2. The molecule has 0 aromatic heterocycles. The molecule has 102 valence electrons. The molecular formula is C14H10ClFN2OS. The van der Waals surface area contributed by atoms with Crippen molar-refractivity contribution in [1.82, 2.24) is 0 Å². The van der Waals surface area contributed by atoms with E-state index < -0.39 is 16.6 Å². The highest BCUT2D eigenvalue weighted by molar-refractivity contribution is 7.84. The summed E-state index contributed by atoms with van der Waals surface area (Å²) in [6.45, 7) is 0. The molecule has 1 unspecified atom stereocenters. The van der Waals surface area contributed by atoms with Crippen molar-refractivity contribution in [3.63, 3.8) is 0 Å². The van der Waals surface area contributed by atoms with Gasteiger partial charge in [-0.05, 0) is 36.4 Å². The summed E-state index contributed by atoms with van der Waals surface area (Å²) in [5, 5.41) is 9.07. The Morgan fingerprint density at radius 2 is 2.05 bits per heavy atom. The molecule has 6 heteroatoms. The Labute approximate surface area is 123 Å². The fourth-order valence-corrected chi connectivity index (χ4v) is 3.28. The van der Waals surface area contributed by atoms with E-state index in [9.17, 15) is 8.60 Å². The maximum atomic E-state index is 13.6. The van der Waals surface area contributed by atoms with Crippen LogP contribution in [-0.2, 0) is 16.6 Å². The first-order chi connectivity index (χ1) is 9.51. The van der Waals surface area contributed by atoms with Gasteiger partial charge in [0.25, 0.3) is 0 Å². The Kier molecular flexibility index (Phi) is 4.38. The van der Waals surface area contributed by atoms with Crippen LogP contribution in [0.1, 0.15) is 11.1 Å². The van der Waals surface area contributed by atoms with E-state index in [2.05, 4.69) is 0 Å². The van der Waals surface area contributed by atoms with Gasteiger partial charge in [-0.15, -0.1) is 0 Å². The largest absolute Gasteiger partial charge is 0.399 e. The maximum Gasteiger partial charge on any atom is 0.127 e. The number of hydrogen-bond donors (Lipinski definition) is 1. The molecule has 0 fully saturated rings. The predicted molar refractivity (Wildman–Crippen MR) is 77.1 cm³/mol. The number of anilines is 1. The average molecular weight is 309 g/mol. The van der Waals surface area contributed by atoms with Gasteiger partial charge in [0, 0.05) is 11.3 Å². The van der Waals surface area contributed by atoms with Crippen molar-refractivity contribution in [2.45, 2.75) is 10.6 Å². The van der Waals surface area contributed by atoms with Crippen LogP contribution in [0.2, 0.25) is 5.02 Å². The number of nitriles is 1. The van der Waals surface area contributed by atoms with Crippen LogP contribution >= 0.6 is 11.6 Å². The normalized spacial score (nSPS) is 11.8. The van der Waals surface area contributed by atoms with Gasteiger partial charge in [0.15, 0.2) is 0 Å². The molecule has 2 N–H and O–H groups in total. The molecule has 0 aliphatic heterocycles. The van der Waals surface area contributed by atoms with Crippen LogP contribution in [0.15, 0.2) is 41.3 Å². The zero-order valence-electron chi connectivity index (χ0n) is 10.3. The lowest BCUT2D eigenvalue weighted by molar-refractivity contribution is 0.615. The smallest absolute Gasteiger partial charge is 0.127 e. The highest BCUT2D eigenvalue weighted by Gasteiger charge is 2.13. The third-order valence-electron chi connectivity index (χ3n) is 2.66. The molecule has 0 saturated heterocycles. The lowest BCUT2D eigenvalue weighted by Gasteiger charge is -2.07. The van der Waals surface area contributed by atoms with Gasteiger partial charge in [0.2, 0.25) is 0 Å². The minimum atomic E-state index is -1.51. The first-order valence-electron chi connectivity index (χ1n) is 5.63. The topological polar surface area (TPSA) is 66.9 Å². The van der Waals surface area contributed by atoms with Crippen LogP contribution in [0.25, 0.3) is 0 Å². The molecule has 0 aliphatic carbocycles. The zero-order chi connectivity index (χ0) is 14.7. The molecule has 0 heterocycles. The van der Waals surface area contributed by atoms with Crippen LogP contribution in [0.4, 0.5) is 10.1 Å². The summed E-state index contributed by atoms with van der Waals surface area (Å²) >= 11 is 5.97. The molecule has 1 atom stereocenters. The SMILES string of the molecule is N#Cc1ccc(F)c(CS(=O)c2ccc(N)cc2Cl)c1. The van der Waals surface area contributed by atoms with Crippen LogP contribution in [-0.4, -0.2) is 4.21 Å². The van der Waals surface area contributed by atoms with Gasteiger partial charge in [-0.2, -0.15) is 5.26 Å². The summed E-state index contributed by atoms with van der Waals surface area (Å²) in [6.07, 6.45) is 0. The van der Waals surface area contributed by atoms with E-state index in [1.165, 1.54) is 24.3 Å². The Hall–Kier alpha value is -1.90. The number of hydrogen-bond acceptors (Lipinski definition) is 3. The number of nitrogens with zero attached hydrogens (tertiary/aromatic N) is 1. The van der Waals surface area contributed by atoms with Gasteiger partial charge in [-0.25, -0.2) is 4.39 Å². The first kappa shape index (κ1) is 14.5. The van der Waals surface area contributed by atoms with E-state index in [0.717, 1.165) is 0 Å². The highest BCUT2D eigenvalue weighted by Crippen LogP contribution is 2.25. The van der Waals surface area contributed by atoms with Gasteiger partial charge in [0.05, 0.1) is 38.1 Å². The minimum Gasteiger partial charge on any atom is -0.399 e. The first-order valence-corrected chi connectivity index (χ1v) is 7.33. The van der Waals surface area contributed by atoms with Gasteiger partial charge in [-0.3, -0.25) is 4.21 Å². The van der Waals surface area contributed by atoms with Gasteiger partial charge < -0.3 is 5.73 Å². The van der Waals surface area contributed by atoms with Crippen molar-refractivity contribution in [1.29, 1.82) is 5.26 Å². The van der Waals surface area contributed by atoms with Crippen molar-refractivity contribution in [3.05, 3.63) is 58.4 Å². The lowest BCUT2D eigenvalue weighted by atomic mass is 10.1. The number of nitrogen functional groups attached to an aromatic ring is 1. The van der Waals surface area contributed by atoms with E-state index in [4.69, 9.17) is 22.6 Å². The average Bonchev–Trinajstić information content (AvgIpc) is 2.41. The monoisotopic (exact) mass is 308 g/mol. The third kappa shape index (κ3) is 3.16. The van der Waals surface area contributed by atoms with Crippen molar-refractivity contribution in [3.8, 4) is 6.07 Å². The molecule has 3 nitrogen and oxygen atoms in total. The van der Waals surface area contributed by atoms with Gasteiger partial charge >= 0.3 is 0 Å². The van der Waals surface area contributed by atoms with Crippen LogP contribution in [0.3, 0.4) is 0 Å². The van der Waals surface area contributed by atoms with Crippen molar-refractivity contribution in [2.75, 3.05) is 5.73 Å². The van der Waals surface area contributed by atoms with Crippen LogP contribution in [0.5, 0.6) is 0 Å². The summed E-state index contributed by atoms with van der Waals surface area (Å²) in [7, 11) is -1.51. The third-order valence-corrected chi connectivity index (χ3v) is 4.51. The van der Waals surface area contributed by atoms with Gasteiger partial charge in [-0.1, -0.05) is 11.6 Å². The summed E-state index contributed by atoms with van der Waals surface area (Å²) < 4.78 is 25.9. The van der Waals surface area contributed by atoms with E-state index in [1.54, 1.807) is 12.1 Å². The zero-order valence-corrected chi connectivity index (χ0v) is 11.8. The summed E-state index contributed by atoms with van der Waals surface area (Å²) in [5.74, 6) is -0.547. The molecule has 2 aromatic rings. The quantitative estimate of drug-likeness (QED) is 0.885. The summed E-state index contributed by atoms with van der Waals surface area (Å²) in [4.78, 5) is 0.391. The van der Waals surface area contributed by atoms with Crippen molar-refractivity contribution >= 4 is 28.1 Å². The molecule has 0 bridgehead atoms. The lowest BCUT2D eigenvalue weighted by Crippen LogP contribution is -2.01. The summed E-state index contributed by atoms with van der Waals surface area (Å²) in [5.41, 5.74) is 6.57. The number of nitrogens with two attached hydrogens (primary N) is 1. The Bertz CT molecular complexity index is 728. The Balaban J connectivity index is 2.30. The van der Waals surface area contributed by atoms with Crippen LogP contribution < -0.4 is 5.73 Å². The Morgan fingerprint density at radius 3 is 2.70 bits per heavy atom. The van der Waals surface area contributed by atoms with E-state index in [-0.39, 0.29) is 16.3 Å². The standard InChI is InChI=1S/C14H10ClFN2OS/c15-12-6-11(18)2-4-14(12)20(19)8-10-5-9(7-17)1-3-13(10)16/h1-6H,8,18H2. The van der Waals surface area contributed by atoms with Crippen molar-refractivity contribution in [2.24, 2.45) is 0 Å².